The lowest BCUT2D eigenvalue weighted by molar-refractivity contribution is 0.0599. The Balaban J connectivity index is 1.42. The van der Waals surface area contributed by atoms with E-state index in [-0.39, 0.29) is 29.5 Å². The summed E-state index contributed by atoms with van der Waals surface area (Å²) in [5.41, 5.74) is 6.54. The standard InChI is InChI=1S/C31H36FNO3/c1-20-11-12-25(18-27(20)31(34)36-4)28-17-22(16-24-9-5-6-10-26(24)28)8-7-15-33-21(2)23-13-14-29(32)30(19-23)35-3/h5-6,9-14,18-19,21-22,28,33H,7-8,15-17H2,1-4H3/t21-,22-,28?/m1/s1. The molecule has 3 atom stereocenters. The SMILES string of the molecule is COC(=O)c1cc(C2C[C@H](CCCN[C@H](C)c3ccc(F)c(OC)c3)Cc3ccccc32)ccc1C. The molecule has 4 rings (SSSR count). The molecule has 0 saturated heterocycles. The number of carbonyl (C=O) groups excluding carboxylic acids is 1. The van der Waals surface area contributed by atoms with Crippen molar-refractivity contribution in [2.75, 3.05) is 20.8 Å². The van der Waals surface area contributed by atoms with Crippen molar-refractivity contribution in [1.29, 1.82) is 0 Å². The maximum atomic E-state index is 13.7. The molecule has 0 amide bonds. The molecule has 1 aliphatic rings. The minimum Gasteiger partial charge on any atom is -0.494 e. The van der Waals surface area contributed by atoms with Gasteiger partial charge in [0.05, 0.1) is 19.8 Å². The van der Waals surface area contributed by atoms with Gasteiger partial charge in [-0.25, -0.2) is 9.18 Å². The number of ether oxygens (including phenoxy) is 2. The number of carbonyl (C=O) groups is 1. The molecule has 0 spiro atoms. The summed E-state index contributed by atoms with van der Waals surface area (Å²) in [6, 6.07) is 20.1. The predicted molar refractivity (Wildman–Crippen MR) is 141 cm³/mol. The zero-order valence-corrected chi connectivity index (χ0v) is 21.6. The fourth-order valence-corrected chi connectivity index (χ4v) is 5.41. The van der Waals surface area contributed by atoms with Crippen LogP contribution in [0.1, 0.15) is 76.3 Å². The van der Waals surface area contributed by atoms with Crippen LogP contribution in [-0.4, -0.2) is 26.7 Å². The quantitative estimate of drug-likeness (QED) is 0.267. The van der Waals surface area contributed by atoms with Crippen molar-refractivity contribution >= 4 is 5.97 Å². The van der Waals surface area contributed by atoms with Crippen molar-refractivity contribution < 1.29 is 18.7 Å². The van der Waals surface area contributed by atoms with E-state index in [2.05, 4.69) is 42.6 Å². The largest absolute Gasteiger partial charge is 0.494 e. The number of halogens is 1. The maximum absolute atomic E-state index is 13.7. The molecule has 0 saturated carbocycles. The second-order valence-corrected chi connectivity index (χ2v) is 9.84. The number of aryl methyl sites for hydroxylation is 1. The van der Waals surface area contributed by atoms with Gasteiger partial charge in [-0.1, -0.05) is 42.5 Å². The summed E-state index contributed by atoms with van der Waals surface area (Å²) in [4.78, 5) is 12.3. The van der Waals surface area contributed by atoms with E-state index >= 15 is 0 Å². The summed E-state index contributed by atoms with van der Waals surface area (Å²) < 4.78 is 23.9. The minimum atomic E-state index is -0.340. The van der Waals surface area contributed by atoms with Crippen LogP contribution in [-0.2, 0) is 11.2 Å². The highest BCUT2D eigenvalue weighted by molar-refractivity contribution is 5.91. The molecule has 4 nitrogen and oxygen atoms in total. The van der Waals surface area contributed by atoms with Gasteiger partial charge in [-0.05, 0) is 98.0 Å². The zero-order chi connectivity index (χ0) is 25.7. The number of benzene rings is 3. The second-order valence-electron chi connectivity index (χ2n) is 9.84. The highest BCUT2D eigenvalue weighted by atomic mass is 19.1. The molecule has 3 aromatic rings. The zero-order valence-electron chi connectivity index (χ0n) is 21.6. The summed E-state index contributed by atoms with van der Waals surface area (Å²) in [7, 11) is 2.92. The van der Waals surface area contributed by atoms with Crippen molar-refractivity contribution in [3.05, 3.63) is 99.9 Å². The third-order valence-corrected chi connectivity index (χ3v) is 7.49. The molecule has 3 aromatic carbocycles. The summed E-state index contributed by atoms with van der Waals surface area (Å²) in [6.45, 7) is 4.93. The second kappa shape index (κ2) is 11.7. The van der Waals surface area contributed by atoms with Crippen LogP contribution >= 0.6 is 0 Å². The van der Waals surface area contributed by atoms with E-state index in [0.29, 0.717) is 11.5 Å². The molecule has 0 bridgehead atoms. The van der Waals surface area contributed by atoms with Gasteiger partial charge in [0.15, 0.2) is 11.6 Å². The van der Waals surface area contributed by atoms with Gasteiger partial charge in [-0.3, -0.25) is 0 Å². The normalized spacial score (nSPS) is 17.8. The van der Waals surface area contributed by atoms with Gasteiger partial charge in [0.25, 0.3) is 0 Å². The number of methoxy groups -OCH3 is 2. The number of hydrogen-bond acceptors (Lipinski definition) is 4. The Morgan fingerprint density at radius 1 is 1.11 bits per heavy atom. The maximum Gasteiger partial charge on any atom is 0.338 e. The van der Waals surface area contributed by atoms with E-state index in [1.54, 1.807) is 6.07 Å². The lowest BCUT2D eigenvalue weighted by Gasteiger charge is -2.32. The van der Waals surface area contributed by atoms with Crippen molar-refractivity contribution in [2.45, 2.75) is 51.5 Å². The highest BCUT2D eigenvalue weighted by Gasteiger charge is 2.28. The van der Waals surface area contributed by atoms with Crippen LogP contribution in [0.4, 0.5) is 4.39 Å². The number of rotatable bonds is 9. The molecule has 0 fully saturated rings. The molecular weight excluding hydrogens is 453 g/mol. The van der Waals surface area contributed by atoms with Crippen LogP contribution in [0.25, 0.3) is 0 Å². The first-order chi connectivity index (χ1) is 17.4. The first-order valence-electron chi connectivity index (χ1n) is 12.7. The van der Waals surface area contributed by atoms with Crippen LogP contribution in [0.3, 0.4) is 0 Å². The molecule has 0 heterocycles. The lowest BCUT2D eigenvalue weighted by atomic mass is 9.72. The van der Waals surface area contributed by atoms with Crippen molar-refractivity contribution in [3.63, 3.8) is 0 Å². The van der Waals surface area contributed by atoms with E-state index in [4.69, 9.17) is 9.47 Å². The molecular formula is C31H36FNO3. The molecule has 5 heteroatoms. The molecule has 0 radical (unpaired) electrons. The Morgan fingerprint density at radius 3 is 2.69 bits per heavy atom. The third kappa shape index (κ3) is 5.79. The van der Waals surface area contributed by atoms with Crippen LogP contribution in [0.2, 0.25) is 0 Å². The molecule has 1 unspecified atom stereocenters. The molecule has 190 valence electrons. The predicted octanol–water partition coefficient (Wildman–Crippen LogP) is 6.75. The van der Waals surface area contributed by atoms with Crippen molar-refractivity contribution in [3.8, 4) is 5.75 Å². The van der Waals surface area contributed by atoms with Gasteiger partial charge in [-0.15, -0.1) is 0 Å². The van der Waals surface area contributed by atoms with Crippen molar-refractivity contribution in [1.82, 2.24) is 5.32 Å². The molecule has 1 N–H and O–H groups in total. The van der Waals surface area contributed by atoms with E-state index < -0.39 is 0 Å². The van der Waals surface area contributed by atoms with Crippen LogP contribution in [0.5, 0.6) is 5.75 Å². The summed E-state index contributed by atoms with van der Waals surface area (Å²) in [6.07, 6.45) is 4.31. The first-order valence-corrected chi connectivity index (χ1v) is 12.7. The van der Waals surface area contributed by atoms with Gasteiger partial charge < -0.3 is 14.8 Å². The van der Waals surface area contributed by atoms with E-state index in [9.17, 15) is 9.18 Å². The molecule has 0 aromatic heterocycles. The molecule has 0 aliphatic heterocycles. The Hall–Kier alpha value is -3.18. The first kappa shape index (κ1) is 25.9. The van der Waals surface area contributed by atoms with Gasteiger partial charge in [-0.2, -0.15) is 0 Å². The molecule has 36 heavy (non-hydrogen) atoms. The Bertz CT molecular complexity index is 1210. The Kier molecular flexibility index (Phi) is 8.42. The van der Waals surface area contributed by atoms with Crippen LogP contribution < -0.4 is 10.1 Å². The highest BCUT2D eigenvalue weighted by Crippen LogP contribution is 2.41. The lowest BCUT2D eigenvalue weighted by Crippen LogP contribution is -2.23. The van der Waals surface area contributed by atoms with Gasteiger partial charge in [0.2, 0.25) is 0 Å². The number of hydrogen-bond donors (Lipinski definition) is 1. The smallest absolute Gasteiger partial charge is 0.338 e. The van der Waals surface area contributed by atoms with Crippen molar-refractivity contribution in [2.24, 2.45) is 5.92 Å². The average molecular weight is 490 g/mol. The fraction of sp³-hybridized carbons (Fsp3) is 0.387. The summed E-state index contributed by atoms with van der Waals surface area (Å²) >= 11 is 0. The van der Waals surface area contributed by atoms with Gasteiger partial charge in [0.1, 0.15) is 0 Å². The van der Waals surface area contributed by atoms with Crippen LogP contribution in [0, 0.1) is 18.7 Å². The number of fused-ring (bicyclic) bond motifs is 1. The van der Waals surface area contributed by atoms with E-state index in [1.165, 1.54) is 37.0 Å². The van der Waals surface area contributed by atoms with E-state index in [0.717, 1.165) is 43.4 Å². The summed E-state index contributed by atoms with van der Waals surface area (Å²) in [5.74, 6) is 0.486. The molecule has 1 aliphatic carbocycles. The minimum absolute atomic E-state index is 0.114. The topological polar surface area (TPSA) is 47.6 Å². The third-order valence-electron chi connectivity index (χ3n) is 7.49. The Morgan fingerprint density at radius 2 is 1.92 bits per heavy atom. The Labute approximate surface area is 213 Å². The fourth-order valence-electron chi connectivity index (χ4n) is 5.41. The number of nitrogens with one attached hydrogen (secondary N) is 1. The summed E-state index contributed by atoms with van der Waals surface area (Å²) in [5, 5.41) is 3.57. The van der Waals surface area contributed by atoms with Crippen LogP contribution in [0.15, 0.2) is 60.7 Å². The van der Waals surface area contributed by atoms with Gasteiger partial charge >= 0.3 is 5.97 Å². The van der Waals surface area contributed by atoms with E-state index in [1.807, 2.05) is 25.1 Å². The average Bonchev–Trinajstić information content (AvgIpc) is 2.90. The monoisotopic (exact) mass is 489 g/mol. The van der Waals surface area contributed by atoms with Gasteiger partial charge in [0, 0.05) is 12.0 Å². The number of esters is 1.